The molecule has 8 heteroatoms. The number of halogens is 3. The highest BCUT2D eigenvalue weighted by Gasteiger charge is 2.30. The summed E-state index contributed by atoms with van der Waals surface area (Å²) in [5, 5.41) is 2.44. The molecular formula is C13H16F3NO3S. The second-order valence-electron chi connectivity index (χ2n) is 4.94. The summed E-state index contributed by atoms with van der Waals surface area (Å²) in [4.78, 5) is 11.7. The van der Waals surface area contributed by atoms with Crippen LogP contribution in [0.5, 0.6) is 0 Å². The van der Waals surface area contributed by atoms with E-state index in [1.165, 1.54) is 19.1 Å². The van der Waals surface area contributed by atoms with Crippen molar-refractivity contribution in [3.8, 4) is 0 Å². The van der Waals surface area contributed by atoms with E-state index in [0.717, 1.165) is 18.4 Å². The maximum Gasteiger partial charge on any atom is 0.416 e. The van der Waals surface area contributed by atoms with Gasteiger partial charge in [-0.05, 0) is 18.6 Å². The molecular weight excluding hydrogens is 307 g/mol. The van der Waals surface area contributed by atoms with E-state index < -0.39 is 33.5 Å². The van der Waals surface area contributed by atoms with Gasteiger partial charge in [-0.2, -0.15) is 13.2 Å². The van der Waals surface area contributed by atoms with Crippen LogP contribution in [0, 0.1) is 0 Å². The fourth-order valence-corrected chi connectivity index (χ4v) is 2.86. The van der Waals surface area contributed by atoms with Gasteiger partial charge in [-0.15, -0.1) is 0 Å². The number of nitrogens with one attached hydrogen (secondary N) is 1. The molecule has 0 aliphatic heterocycles. The Morgan fingerprint density at radius 3 is 2.48 bits per heavy atom. The van der Waals surface area contributed by atoms with Crippen molar-refractivity contribution in [2.75, 3.05) is 12.0 Å². The number of benzene rings is 1. The Hall–Kier alpha value is -1.57. The van der Waals surface area contributed by atoms with Crippen molar-refractivity contribution in [3.05, 3.63) is 35.4 Å². The zero-order valence-corrected chi connectivity index (χ0v) is 12.4. The second-order valence-corrected chi connectivity index (χ2v) is 7.12. The van der Waals surface area contributed by atoms with Crippen molar-refractivity contribution in [1.82, 2.24) is 5.32 Å². The topological polar surface area (TPSA) is 63.2 Å². The molecule has 0 fully saturated rings. The van der Waals surface area contributed by atoms with E-state index in [2.05, 4.69) is 5.32 Å². The molecule has 0 radical (unpaired) electrons. The molecule has 118 valence electrons. The molecule has 0 saturated carbocycles. The van der Waals surface area contributed by atoms with Crippen molar-refractivity contribution in [3.63, 3.8) is 0 Å². The molecule has 1 amide bonds. The standard InChI is InChI=1S/C13H16F3NO3S/c1-9(8-21(2,19)20)17-12(18)7-10-4-3-5-11(6-10)13(14,15)16/h3-6,9H,7-8H2,1-2H3,(H,17,18). The fourth-order valence-electron chi connectivity index (χ4n) is 1.86. The first kappa shape index (κ1) is 17.5. The summed E-state index contributed by atoms with van der Waals surface area (Å²) in [5.74, 6) is -0.744. The molecule has 1 N–H and O–H groups in total. The SMILES string of the molecule is CC(CS(C)(=O)=O)NC(=O)Cc1cccc(C(F)(F)F)c1. The summed E-state index contributed by atoms with van der Waals surface area (Å²) < 4.78 is 59.7. The van der Waals surface area contributed by atoms with Crippen LogP contribution in [0.2, 0.25) is 0 Å². The summed E-state index contributed by atoms with van der Waals surface area (Å²) in [5.41, 5.74) is -0.606. The van der Waals surface area contributed by atoms with E-state index in [4.69, 9.17) is 0 Å². The average molecular weight is 323 g/mol. The van der Waals surface area contributed by atoms with Gasteiger partial charge in [-0.3, -0.25) is 4.79 Å². The summed E-state index contributed by atoms with van der Waals surface area (Å²) in [6, 6.07) is 3.87. The van der Waals surface area contributed by atoms with Gasteiger partial charge >= 0.3 is 6.18 Å². The fraction of sp³-hybridized carbons (Fsp3) is 0.462. The third-order valence-corrected chi connectivity index (χ3v) is 3.68. The van der Waals surface area contributed by atoms with Gasteiger partial charge in [-0.1, -0.05) is 18.2 Å². The molecule has 1 atom stereocenters. The molecule has 1 rings (SSSR count). The Kier molecular flexibility index (Phi) is 5.38. The first-order valence-electron chi connectivity index (χ1n) is 6.10. The van der Waals surface area contributed by atoms with Crippen molar-refractivity contribution in [1.29, 1.82) is 0 Å². The molecule has 0 aliphatic rings. The Balaban J connectivity index is 2.67. The number of amides is 1. The van der Waals surface area contributed by atoms with Gasteiger partial charge in [0.2, 0.25) is 5.91 Å². The smallest absolute Gasteiger partial charge is 0.352 e. The first-order valence-corrected chi connectivity index (χ1v) is 8.16. The Morgan fingerprint density at radius 2 is 1.95 bits per heavy atom. The molecule has 21 heavy (non-hydrogen) atoms. The third-order valence-electron chi connectivity index (χ3n) is 2.58. The zero-order valence-electron chi connectivity index (χ0n) is 11.6. The molecule has 1 aromatic carbocycles. The number of carbonyl (C=O) groups is 1. The lowest BCUT2D eigenvalue weighted by Gasteiger charge is -2.13. The molecule has 1 unspecified atom stereocenters. The lowest BCUT2D eigenvalue weighted by atomic mass is 10.1. The third kappa shape index (κ3) is 6.61. The van der Waals surface area contributed by atoms with E-state index in [0.29, 0.717) is 0 Å². The van der Waals surface area contributed by atoms with Crippen LogP contribution >= 0.6 is 0 Å². The molecule has 0 aliphatic carbocycles. The van der Waals surface area contributed by atoms with E-state index in [9.17, 15) is 26.4 Å². The summed E-state index contributed by atoms with van der Waals surface area (Å²) in [7, 11) is -3.23. The number of alkyl halides is 3. The lowest BCUT2D eigenvalue weighted by Crippen LogP contribution is -2.38. The van der Waals surface area contributed by atoms with Crippen LogP contribution in [0.25, 0.3) is 0 Å². The molecule has 0 saturated heterocycles. The normalized spacial score (nSPS) is 13.8. The Labute approximate surface area is 121 Å². The van der Waals surface area contributed by atoms with Gasteiger partial charge in [-0.25, -0.2) is 8.42 Å². The largest absolute Gasteiger partial charge is 0.416 e. The molecule has 0 heterocycles. The predicted octanol–water partition coefficient (Wildman–Crippen LogP) is 1.80. The highest BCUT2D eigenvalue weighted by Crippen LogP contribution is 2.29. The van der Waals surface area contributed by atoms with Crippen molar-refractivity contribution in [2.45, 2.75) is 25.6 Å². The van der Waals surface area contributed by atoms with Gasteiger partial charge < -0.3 is 5.32 Å². The molecule has 0 bridgehead atoms. The Morgan fingerprint density at radius 1 is 1.33 bits per heavy atom. The van der Waals surface area contributed by atoms with Crippen LogP contribution in [-0.4, -0.2) is 32.4 Å². The average Bonchev–Trinajstić information content (AvgIpc) is 2.24. The van der Waals surface area contributed by atoms with Crippen LogP contribution in [0.3, 0.4) is 0 Å². The minimum Gasteiger partial charge on any atom is -0.352 e. The number of hydrogen-bond donors (Lipinski definition) is 1. The minimum absolute atomic E-state index is 0.217. The highest BCUT2D eigenvalue weighted by molar-refractivity contribution is 7.90. The van der Waals surface area contributed by atoms with Crippen molar-refractivity contribution < 1.29 is 26.4 Å². The summed E-state index contributed by atoms with van der Waals surface area (Å²) >= 11 is 0. The van der Waals surface area contributed by atoms with Gasteiger partial charge in [0.05, 0.1) is 17.7 Å². The van der Waals surface area contributed by atoms with Crippen LogP contribution in [0.4, 0.5) is 13.2 Å². The van der Waals surface area contributed by atoms with Crippen LogP contribution in [0.15, 0.2) is 24.3 Å². The van der Waals surface area contributed by atoms with Crippen LogP contribution < -0.4 is 5.32 Å². The Bertz CT molecular complexity index is 611. The second kappa shape index (κ2) is 6.46. The summed E-state index contributed by atoms with van der Waals surface area (Å²) in [6.45, 7) is 1.52. The van der Waals surface area contributed by atoms with Crippen molar-refractivity contribution >= 4 is 15.7 Å². The van der Waals surface area contributed by atoms with Gasteiger partial charge in [0, 0.05) is 12.3 Å². The van der Waals surface area contributed by atoms with Crippen LogP contribution in [-0.2, 0) is 27.2 Å². The van der Waals surface area contributed by atoms with E-state index in [-0.39, 0.29) is 17.7 Å². The van der Waals surface area contributed by atoms with Gasteiger partial charge in [0.1, 0.15) is 9.84 Å². The van der Waals surface area contributed by atoms with Crippen molar-refractivity contribution in [2.24, 2.45) is 0 Å². The van der Waals surface area contributed by atoms with E-state index >= 15 is 0 Å². The maximum absolute atomic E-state index is 12.5. The van der Waals surface area contributed by atoms with E-state index in [1.54, 1.807) is 0 Å². The lowest BCUT2D eigenvalue weighted by molar-refractivity contribution is -0.137. The molecule has 1 aromatic rings. The first-order chi connectivity index (χ1) is 9.47. The number of hydrogen-bond acceptors (Lipinski definition) is 3. The number of sulfone groups is 1. The minimum atomic E-state index is -4.46. The molecule has 4 nitrogen and oxygen atoms in total. The number of rotatable bonds is 5. The van der Waals surface area contributed by atoms with Gasteiger partial charge in [0.15, 0.2) is 0 Å². The van der Waals surface area contributed by atoms with Crippen LogP contribution in [0.1, 0.15) is 18.1 Å². The summed E-state index contributed by atoms with van der Waals surface area (Å²) in [6.07, 6.45) is -3.66. The molecule has 0 aromatic heterocycles. The maximum atomic E-state index is 12.5. The quantitative estimate of drug-likeness (QED) is 0.899. The molecule has 0 spiro atoms. The number of carbonyl (C=O) groups excluding carboxylic acids is 1. The highest BCUT2D eigenvalue weighted by atomic mass is 32.2. The predicted molar refractivity (Wildman–Crippen MR) is 72.5 cm³/mol. The zero-order chi connectivity index (χ0) is 16.3. The van der Waals surface area contributed by atoms with E-state index in [1.807, 2.05) is 0 Å². The van der Waals surface area contributed by atoms with Gasteiger partial charge in [0.25, 0.3) is 0 Å². The monoisotopic (exact) mass is 323 g/mol.